The van der Waals surface area contributed by atoms with Crippen molar-refractivity contribution in [3.05, 3.63) is 53.6 Å². The van der Waals surface area contributed by atoms with Gasteiger partial charge in [0.25, 0.3) is 5.91 Å². The molecule has 0 aromatic heterocycles. The summed E-state index contributed by atoms with van der Waals surface area (Å²) in [6.45, 7) is 3.64. The molecule has 0 bridgehead atoms. The molecule has 0 saturated carbocycles. The summed E-state index contributed by atoms with van der Waals surface area (Å²) in [4.78, 5) is 27.3. The maximum absolute atomic E-state index is 13.9. The van der Waals surface area contributed by atoms with Crippen LogP contribution in [0.15, 0.2) is 47.4 Å². The molecule has 1 heterocycles. The Hall–Kier alpha value is -3.11. The Kier molecular flexibility index (Phi) is 18.3. The SMILES string of the molecule is CCCC[C@@]1(CC)CS(=O)(=O)c2ccc(N(C)C)cc2[C@H](c2cccc(NC(=O)CCCCCCCCCCNC(=O)[C@H](O)[C@@H](O)[C@H](O)[C@H](O)CO)c2)N1. The van der Waals surface area contributed by atoms with E-state index in [1.165, 1.54) is 0 Å². The van der Waals surface area contributed by atoms with Crippen LogP contribution in [0, 0.1) is 0 Å². The molecule has 1 aliphatic rings. The van der Waals surface area contributed by atoms with Gasteiger partial charge in [0, 0.05) is 44.0 Å². The molecule has 3 rings (SSSR count). The van der Waals surface area contributed by atoms with E-state index in [2.05, 4.69) is 22.9 Å². The highest BCUT2D eigenvalue weighted by molar-refractivity contribution is 7.91. The Bertz CT molecular complexity index is 1590. The first-order chi connectivity index (χ1) is 25.7. The van der Waals surface area contributed by atoms with E-state index in [4.69, 9.17) is 5.11 Å². The second kappa shape index (κ2) is 21.8. The average molecular weight is 777 g/mol. The molecule has 0 aliphatic carbocycles. The highest BCUT2D eigenvalue weighted by Gasteiger charge is 2.42. The predicted octanol–water partition coefficient (Wildman–Crippen LogP) is 3.56. The van der Waals surface area contributed by atoms with Crippen molar-refractivity contribution in [2.24, 2.45) is 0 Å². The van der Waals surface area contributed by atoms with Crippen LogP contribution in [0.5, 0.6) is 0 Å². The molecule has 0 saturated heterocycles. The van der Waals surface area contributed by atoms with Crippen molar-refractivity contribution >= 4 is 33.0 Å². The number of hydrogen-bond donors (Lipinski definition) is 8. The van der Waals surface area contributed by atoms with Gasteiger partial charge in [-0.15, -0.1) is 0 Å². The van der Waals surface area contributed by atoms with Crippen molar-refractivity contribution in [2.45, 2.75) is 138 Å². The van der Waals surface area contributed by atoms with Crippen LogP contribution in [0.25, 0.3) is 0 Å². The summed E-state index contributed by atoms with van der Waals surface area (Å²) in [6, 6.07) is 12.9. The highest BCUT2D eigenvalue weighted by atomic mass is 32.2. The molecule has 304 valence electrons. The number of aliphatic hydroxyl groups excluding tert-OH is 5. The van der Waals surface area contributed by atoms with Crippen LogP contribution in [-0.2, 0) is 19.4 Å². The molecule has 1 aliphatic heterocycles. The predicted molar refractivity (Wildman–Crippen MR) is 211 cm³/mol. The number of aliphatic hydroxyl groups is 5. The van der Waals surface area contributed by atoms with Crippen LogP contribution in [0.4, 0.5) is 11.4 Å². The van der Waals surface area contributed by atoms with Gasteiger partial charge in [0.15, 0.2) is 15.9 Å². The van der Waals surface area contributed by atoms with Crippen molar-refractivity contribution in [3.8, 4) is 0 Å². The van der Waals surface area contributed by atoms with Crippen LogP contribution < -0.4 is 20.9 Å². The number of carbonyl (C=O) groups excluding carboxylic acids is 2. The van der Waals surface area contributed by atoms with Crippen LogP contribution in [0.1, 0.15) is 114 Å². The monoisotopic (exact) mass is 776 g/mol. The maximum Gasteiger partial charge on any atom is 0.251 e. The third-order valence-corrected chi connectivity index (χ3v) is 12.4. The van der Waals surface area contributed by atoms with E-state index < -0.39 is 52.3 Å². The minimum Gasteiger partial charge on any atom is -0.394 e. The molecule has 0 radical (unpaired) electrons. The smallest absolute Gasteiger partial charge is 0.251 e. The van der Waals surface area contributed by atoms with Gasteiger partial charge in [-0.25, -0.2) is 8.42 Å². The van der Waals surface area contributed by atoms with Gasteiger partial charge in [0.05, 0.1) is 23.3 Å². The number of anilines is 2. The summed E-state index contributed by atoms with van der Waals surface area (Å²) in [6.07, 6.45) is 3.51. The first-order valence-electron chi connectivity index (χ1n) is 19.5. The Morgan fingerprint density at radius 1 is 0.907 bits per heavy atom. The number of amides is 2. The van der Waals surface area contributed by atoms with E-state index in [0.29, 0.717) is 42.0 Å². The fourth-order valence-electron chi connectivity index (χ4n) is 6.98. The summed E-state index contributed by atoms with van der Waals surface area (Å²) >= 11 is 0. The van der Waals surface area contributed by atoms with E-state index in [1.54, 1.807) is 6.07 Å². The lowest BCUT2D eigenvalue weighted by Crippen LogP contribution is -2.51. The number of nitrogens with zero attached hydrogens (tertiary/aromatic N) is 1. The summed E-state index contributed by atoms with van der Waals surface area (Å²) < 4.78 is 27.8. The molecule has 2 amide bonds. The van der Waals surface area contributed by atoms with Crippen molar-refractivity contribution in [2.75, 3.05) is 43.2 Å². The minimum absolute atomic E-state index is 0.0317. The van der Waals surface area contributed by atoms with Gasteiger partial charge in [-0.05, 0) is 67.1 Å². The lowest BCUT2D eigenvalue weighted by atomic mass is 9.88. The Balaban J connectivity index is 1.47. The number of carbonyl (C=O) groups is 2. The molecule has 6 atom stereocenters. The van der Waals surface area contributed by atoms with E-state index in [1.807, 2.05) is 62.3 Å². The van der Waals surface area contributed by atoms with E-state index >= 15 is 0 Å². The average Bonchev–Trinajstić information content (AvgIpc) is 3.26. The van der Waals surface area contributed by atoms with Crippen LogP contribution in [0.2, 0.25) is 0 Å². The maximum atomic E-state index is 13.9. The lowest BCUT2D eigenvalue weighted by molar-refractivity contribution is -0.148. The van der Waals surface area contributed by atoms with E-state index in [-0.39, 0.29) is 17.7 Å². The largest absolute Gasteiger partial charge is 0.394 e. The molecule has 0 unspecified atom stereocenters. The van der Waals surface area contributed by atoms with Gasteiger partial charge in [0.1, 0.15) is 18.3 Å². The lowest BCUT2D eigenvalue weighted by Gasteiger charge is -2.36. The fourth-order valence-corrected chi connectivity index (χ4v) is 9.10. The Morgan fingerprint density at radius 3 is 2.20 bits per heavy atom. The summed E-state index contributed by atoms with van der Waals surface area (Å²) in [5.41, 5.74) is 2.60. The molecular formula is C40H64N4O9S. The zero-order valence-corrected chi connectivity index (χ0v) is 33.3. The summed E-state index contributed by atoms with van der Waals surface area (Å²) in [5, 5.41) is 56.9. The van der Waals surface area contributed by atoms with Gasteiger partial charge in [-0.3, -0.25) is 14.9 Å². The topological polar surface area (TPSA) is 209 Å². The Morgan fingerprint density at radius 2 is 1.57 bits per heavy atom. The zero-order valence-electron chi connectivity index (χ0n) is 32.5. The van der Waals surface area contributed by atoms with Gasteiger partial charge in [0.2, 0.25) is 5.91 Å². The van der Waals surface area contributed by atoms with Gasteiger partial charge >= 0.3 is 0 Å². The molecular weight excluding hydrogens is 713 g/mol. The quantitative estimate of drug-likeness (QED) is 0.0766. The number of benzene rings is 2. The van der Waals surface area contributed by atoms with Crippen molar-refractivity contribution in [1.29, 1.82) is 0 Å². The molecule has 0 fully saturated rings. The first-order valence-corrected chi connectivity index (χ1v) is 21.2. The van der Waals surface area contributed by atoms with Crippen molar-refractivity contribution in [1.82, 2.24) is 10.6 Å². The molecule has 2 aromatic carbocycles. The third kappa shape index (κ3) is 13.0. The number of nitrogens with one attached hydrogen (secondary N) is 3. The fraction of sp³-hybridized carbons (Fsp3) is 0.650. The second-order valence-corrected chi connectivity index (χ2v) is 16.9. The van der Waals surface area contributed by atoms with E-state index in [9.17, 15) is 38.4 Å². The number of hydrogen-bond acceptors (Lipinski definition) is 11. The molecule has 54 heavy (non-hydrogen) atoms. The number of unbranched alkanes of at least 4 members (excludes halogenated alkanes) is 8. The first kappa shape index (κ1) is 45.3. The highest BCUT2D eigenvalue weighted by Crippen LogP contribution is 2.40. The number of sulfone groups is 1. The molecule has 0 spiro atoms. The number of fused-ring (bicyclic) bond motifs is 1. The summed E-state index contributed by atoms with van der Waals surface area (Å²) in [7, 11) is 0.298. The van der Waals surface area contributed by atoms with Crippen LogP contribution in [-0.4, -0.2) is 109 Å². The molecule has 13 nitrogen and oxygen atoms in total. The normalized spacial score (nSPS) is 20.2. The van der Waals surface area contributed by atoms with Crippen molar-refractivity contribution in [3.63, 3.8) is 0 Å². The van der Waals surface area contributed by atoms with Crippen molar-refractivity contribution < 1.29 is 43.5 Å². The van der Waals surface area contributed by atoms with Crippen LogP contribution >= 0.6 is 0 Å². The third-order valence-electron chi connectivity index (χ3n) is 10.4. The van der Waals surface area contributed by atoms with Gasteiger partial charge < -0.3 is 41.1 Å². The molecule has 8 N–H and O–H groups in total. The standard InChI is InChI=1S/C40H64N4O9S/c1-5-7-22-40(6-2)27-54(52,53)33-21-20-30(44(3)4)25-31(33)35(43-40)28-17-16-18-29(24-28)42-34(47)19-14-12-10-8-9-11-13-15-23-41-39(51)38(50)37(49)36(48)32(46)26-45/h16-18,20-21,24-25,32,35-38,43,45-46,48-50H,5-15,19,22-23,26-27H2,1-4H3,(H,41,51)(H,42,47)/t32-,35+,36-,37+,38-,40+/m1/s1. The van der Waals surface area contributed by atoms with E-state index in [0.717, 1.165) is 75.5 Å². The minimum atomic E-state index is -3.58. The van der Waals surface area contributed by atoms with Gasteiger partial charge in [-0.1, -0.05) is 77.3 Å². The van der Waals surface area contributed by atoms with Crippen LogP contribution in [0.3, 0.4) is 0 Å². The Labute approximate surface area is 321 Å². The molecule has 14 heteroatoms. The second-order valence-electron chi connectivity index (χ2n) is 14.9. The number of rotatable bonds is 23. The summed E-state index contributed by atoms with van der Waals surface area (Å²) in [5.74, 6) is -0.893. The zero-order chi connectivity index (χ0) is 39.9. The van der Waals surface area contributed by atoms with Gasteiger partial charge in [-0.2, -0.15) is 0 Å². The molecule has 2 aromatic rings.